The Morgan fingerprint density at radius 1 is 0.976 bits per heavy atom. The second-order valence-electron chi connectivity index (χ2n) is 9.54. The van der Waals surface area contributed by atoms with Crippen LogP contribution < -0.4 is 14.8 Å². The number of hydrogen-bond acceptors (Lipinski definition) is 7. The normalized spacial score (nSPS) is 12.1. The molecule has 0 aliphatic rings. The van der Waals surface area contributed by atoms with E-state index in [0.29, 0.717) is 23.3 Å². The Morgan fingerprint density at radius 2 is 1.69 bits per heavy atom. The van der Waals surface area contributed by atoms with E-state index in [1.165, 1.54) is 14.2 Å². The number of carbonyl (C=O) groups is 2. The summed E-state index contributed by atoms with van der Waals surface area (Å²) in [5, 5.41) is 12.7. The molecule has 42 heavy (non-hydrogen) atoms. The lowest BCUT2D eigenvalue weighted by atomic mass is 10.0. The predicted molar refractivity (Wildman–Crippen MR) is 149 cm³/mol. The van der Waals surface area contributed by atoms with Crippen LogP contribution in [0.5, 0.6) is 11.5 Å². The van der Waals surface area contributed by atoms with Crippen LogP contribution >= 0.6 is 0 Å². The van der Waals surface area contributed by atoms with Crippen molar-refractivity contribution in [3.8, 4) is 22.8 Å². The van der Waals surface area contributed by atoms with Gasteiger partial charge in [-0.25, -0.2) is 4.79 Å². The maximum absolute atomic E-state index is 13.0. The van der Waals surface area contributed by atoms with Crippen molar-refractivity contribution in [1.29, 1.82) is 0 Å². The number of alkyl halides is 3. The highest BCUT2D eigenvalue weighted by molar-refractivity contribution is 6.10. The third-order valence-electron chi connectivity index (χ3n) is 6.51. The first-order valence-electron chi connectivity index (χ1n) is 13.1. The van der Waals surface area contributed by atoms with Gasteiger partial charge in [0, 0.05) is 17.4 Å². The number of methoxy groups -OCH3 is 2. The molecule has 8 nitrogen and oxygen atoms in total. The van der Waals surface area contributed by atoms with Crippen molar-refractivity contribution in [2.45, 2.75) is 31.5 Å². The van der Waals surface area contributed by atoms with Gasteiger partial charge in [0.15, 0.2) is 17.9 Å². The number of fused-ring (bicyclic) bond motifs is 1. The minimum Gasteiger partial charge on any atom is -0.497 e. The Balaban J connectivity index is 1.63. The van der Waals surface area contributed by atoms with Gasteiger partial charge < -0.3 is 29.1 Å². The molecule has 0 radical (unpaired) electrons. The molecule has 0 spiro atoms. The quantitative estimate of drug-likeness (QED) is 0.212. The molecule has 4 aromatic rings. The highest BCUT2D eigenvalue weighted by atomic mass is 19.4. The Hall–Kier alpha value is -4.51. The van der Waals surface area contributed by atoms with Crippen molar-refractivity contribution in [1.82, 2.24) is 5.32 Å². The van der Waals surface area contributed by atoms with Gasteiger partial charge in [0.1, 0.15) is 17.1 Å². The van der Waals surface area contributed by atoms with E-state index in [9.17, 15) is 27.9 Å². The summed E-state index contributed by atoms with van der Waals surface area (Å²) in [4.78, 5) is 25.8. The summed E-state index contributed by atoms with van der Waals surface area (Å²) in [5.74, 6) is -0.772. The number of aryl methyl sites for hydroxylation is 1. The van der Waals surface area contributed by atoms with E-state index in [1.54, 1.807) is 36.4 Å². The Labute approximate surface area is 240 Å². The number of benzene rings is 3. The molecule has 0 fully saturated rings. The average Bonchev–Trinajstić information content (AvgIpc) is 3.38. The number of hydrogen-bond donors (Lipinski definition) is 2. The van der Waals surface area contributed by atoms with Crippen LogP contribution in [0, 0.1) is 0 Å². The summed E-state index contributed by atoms with van der Waals surface area (Å²) in [6, 6.07) is 18.6. The van der Waals surface area contributed by atoms with Gasteiger partial charge in [-0.3, -0.25) is 4.79 Å². The molecule has 3 aromatic carbocycles. The van der Waals surface area contributed by atoms with Gasteiger partial charge >= 0.3 is 12.1 Å². The highest BCUT2D eigenvalue weighted by Crippen LogP contribution is 2.40. The summed E-state index contributed by atoms with van der Waals surface area (Å²) in [7, 11) is 2.87. The fourth-order valence-corrected chi connectivity index (χ4v) is 4.51. The van der Waals surface area contributed by atoms with Gasteiger partial charge in [0.05, 0.1) is 26.9 Å². The SMILES string of the molecule is COc1ccc(-c2oc3c(OC)cc(CCC(=O)N[C@H](CO)Cc4ccccc4)cc3c2C(=O)OCC(F)(F)F)cc1. The molecule has 0 saturated heterocycles. The Kier molecular flexibility index (Phi) is 9.74. The monoisotopic (exact) mass is 585 g/mol. The van der Waals surface area contributed by atoms with Gasteiger partial charge in [0.2, 0.25) is 5.91 Å². The molecule has 0 saturated carbocycles. The number of amides is 1. The first kappa shape index (κ1) is 30.4. The number of furan rings is 1. The van der Waals surface area contributed by atoms with Crippen molar-refractivity contribution in [3.63, 3.8) is 0 Å². The summed E-state index contributed by atoms with van der Waals surface area (Å²) >= 11 is 0. The third-order valence-corrected chi connectivity index (χ3v) is 6.51. The molecule has 11 heteroatoms. The van der Waals surface area contributed by atoms with Crippen molar-refractivity contribution in [2.24, 2.45) is 0 Å². The van der Waals surface area contributed by atoms with E-state index >= 15 is 0 Å². The number of esters is 1. The van der Waals surface area contributed by atoms with E-state index in [0.717, 1.165) is 5.56 Å². The van der Waals surface area contributed by atoms with Crippen molar-refractivity contribution in [3.05, 3.63) is 83.4 Å². The molecule has 4 rings (SSSR count). The first-order valence-corrected chi connectivity index (χ1v) is 13.1. The molecule has 0 unspecified atom stereocenters. The minimum absolute atomic E-state index is 0.000259. The minimum atomic E-state index is -4.72. The largest absolute Gasteiger partial charge is 0.497 e. The van der Waals surface area contributed by atoms with Crippen LogP contribution in [0.1, 0.15) is 27.9 Å². The van der Waals surface area contributed by atoms with E-state index < -0.39 is 24.8 Å². The van der Waals surface area contributed by atoms with Gasteiger partial charge in [-0.15, -0.1) is 0 Å². The van der Waals surface area contributed by atoms with E-state index in [4.69, 9.17) is 13.9 Å². The molecule has 222 valence electrons. The van der Waals surface area contributed by atoms with Crippen LogP contribution in [0.3, 0.4) is 0 Å². The Bertz CT molecular complexity index is 1520. The number of nitrogens with one attached hydrogen (secondary N) is 1. The van der Waals surface area contributed by atoms with Crippen LogP contribution in [0.4, 0.5) is 13.2 Å². The van der Waals surface area contributed by atoms with Crippen LogP contribution in [-0.4, -0.2) is 56.6 Å². The molecule has 0 aliphatic carbocycles. The molecule has 1 atom stereocenters. The van der Waals surface area contributed by atoms with E-state index in [-0.39, 0.29) is 53.4 Å². The fourth-order valence-electron chi connectivity index (χ4n) is 4.51. The second kappa shape index (κ2) is 13.4. The lowest BCUT2D eigenvalue weighted by molar-refractivity contribution is -0.161. The van der Waals surface area contributed by atoms with E-state index in [1.807, 2.05) is 30.3 Å². The summed E-state index contributed by atoms with van der Waals surface area (Å²) in [6.07, 6.45) is -4.02. The number of aliphatic hydroxyl groups is 1. The van der Waals surface area contributed by atoms with E-state index in [2.05, 4.69) is 10.1 Å². The lowest BCUT2D eigenvalue weighted by Crippen LogP contribution is -2.39. The maximum atomic E-state index is 13.0. The molecule has 0 bridgehead atoms. The van der Waals surface area contributed by atoms with Crippen molar-refractivity contribution in [2.75, 3.05) is 27.4 Å². The third kappa shape index (κ3) is 7.61. The maximum Gasteiger partial charge on any atom is 0.422 e. The molecular formula is C31H30F3NO7. The number of aliphatic hydroxyl groups excluding tert-OH is 1. The van der Waals surface area contributed by atoms with Crippen LogP contribution in [0.25, 0.3) is 22.3 Å². The number of rotatable bonds is 12. The van der Waals surface area contributed by atoms with Gasteiger partial charge in [-0.2, -0.15) is 13.2 Å². The molecule has 1 amide bonds. The Morgan fingerprint density at radius 3 is 2.31 bits per heavy atom. The average molecular weight is 586 g/mol. The zero-order valence-electron chi connectivity index (χ0n) is 23.0. The number of ether oxygens (including phenoxy) is 3. The first-order chi connectivity index (χ1) is 20.1. The summed E-state index contributed by atoms with van der Waals surface area (Å²) in [5.41, 5.74) is 1.88. The molecular weight excluding hydrogens is 555 g/mol. The zero-order chi connectivity index (χ0) is 30.3. The fraction of sp³-hybridized carbons (Fsp3) is 0.290. The summed E-state index contributed by atoms with van der Waals surface area (Å²) in [6.45, 7) is -2.01. The molecule has 1 aromatic heterocycles. The van der Waals surface area contributed by atoms with Crippen molar-refractivity contribution < 1.29 is 46.5 Å². The van der Waals surface area contributed by atoms with Gasteiger partial charge in [-0.05, 0) is 60.4 Å². The zero-order valence-corrected chi connectivity index (χ0v) is 23.0. The molecule has 2 N–H and O–H groups in total. The van der Waals surface area contributed by atoms with Gasteiger partial charge in [0.25, 0.3) is 0 Å². The van der Waals surface area contributed by atoms with Crippen LogP contribution in [0.15, 0.2) is 71.1 Å². The number of carbonyl (C=O) groups excluding carboxylic acids is 2. The van der Waals surface area contributed by atoms with Crippen LogP contribution in [0.2, 0.25) is 0 Å². The predicted octanol–water partition coefficient (Wildman–Crippen LogP) is 5.49. The highest BCUT2D eigenvalue weighted by Gasteiger charge is 2.32. The van der Waals surface area contributed by atoms with Gasteiger partial charge in [-0.1, -0.05) is 30.3 Å². The second-order valence-corrected chi connectivity index (χ2v) is 9.54. The smallest absolute Gasteiger partial charge is 0.422 e. The molecule has 1 heterocycles. The van der Waals surface area contributed by atoms with Crippen LogP contribution in [-0.2, 0) is 22.4 Å². The van der Waals surface area contributed by atoms with Crippen molar-refractivity contribution >= 4 is 22.8 Å². The number of halogens is 3. The summed E-state index contributed by atoms with van der Waals surface area (Å²) < 4.78 is 59.9. The standard InChI is InChI=1S/C31H30F3NO7/c1-39-23-11-9-21(10-12-23)28-27(30(38)41-18-31(32,33)34)24-15-20(16-25(40-2)29(24)42-28)8-13-26(37)35-22(17-36)14-19-6-4-3-5-7-19/h3-7,9-12,15-16,22,36H,8,13-14,17-18H2,1-2H3,(H,35,37)/t22-/m0/s1. The lowest BCUT2D eigenvalue weighted by Gasteiger charge is -2.16. The topological polar surface area (TPSA) is 107 Å². The molecule has 0 aliphatic heterocycles.